The summed E-state index contributed by atoms with van der Waals surface area (Å²) < 4.78 is 13.4. The number of nitrogens with zero attached hydrogens (tertiary/aromatic N) is 1. The first kappa shape index (κ1) is 14.7. The molecule has 0 unspecified atom stereocenters. The Morgan fingerprint density at radius 2 is 2.20 bits per heavy atom. The van der Waals surface area contributed by atoms with Crippen molar-refractivity contribution in [2.45, 2.75) is 13.5 Å². The fraction of sp³-hybridized carbons (Fsp3) is 0.267. The van der Waals surface area contributed by atoms with Gasteiger partial charge in [0.05, 0.1) is 6.54 Å². The van der Waals surface area contributed by atoms with Crippen LogP contribution in [0.3, 0.4) is 0 Å². The number of carbonyl (C=O) groups is 1. The van der Waals surface area contributed by atoms with Gasteiger partial charge in [0.2, 0.25) is 5.91 Å². The second-order valence-electron chi connectivity index (χ2n) is 4.82. The Bertz CT molecular complexity index is 584. The molecule has 0 aliphatic heterocycles. The van der Waals surface area contributed by atoms with Crippen LogP contribution in [0, 0.1) is 12.7 Å². The molecule has 0 spiro atoms. The lowest BCUT2D eigenvalue weighted by atomic mass is 10.2. The summed E-state index contributed by atoms with van der Waals surface area (Å²) in [5, 5.41) is 6.77. The molecule has 20 heavy (non-hydrogen) atoms. The van der Waals surface area contributed by atoms with E-state index in [1.54, 1.807) is 30.4 Å². The second kappa shape index (κ2) is 6.63. The average Bonchev–Trinajstić information content (AvgIpc) is 2.86. The number of thiophene rings is 1. The maximum atomic E-state index is 13.4. The van der Waals surface area contributed by atoms with E-state index in [1.807, 2.05) is 23.4 Å². The zero-order valence-corrected chi connectivity index (χ0v) is 12.3. The van der Waals surface area contributed by atoms with Crippen LogP contribution < -0.4 is 5.32 Å². The van der Waals surface area contributed by atoms with Crippen molar-refractivity contribution in [1.82, 2.24) is 4.90 Å². The molecule has 2 aromatic rings. The van der Waals surface area contributed by atoms with E-state index in [-0.39, 0.29) is 18.3 Å². The van der Waals surface area contributed by atoms with Crippen molar-refractivity contribution in [3.63, 3.8) is 0 Å². The lowest BCUT2D eigenvalue weighted by molar-refractivity contribution is -0.117. The first-order valence-corrected chi connectivity index (χ1v) is 7.24. The van der Waals surface area contributed by atoms with Crippen molar-refractivity contribution in [2.75, 3.05) is 18.9 Å². The summed E-state index contributed by atoms with van der Waals surface area (Å²) in [5.74, 6) is -0.458. The van der Waals surface area contributed by atoms with Gasteiger partial charge in [-0.1, -0.05) is 6.07 Å². The topological polar surface area (TPSA) is 32.3 Å². The van der Waals surface area contributed by atoms with Gasteiger partial charge in [0.15, 0.2) is 0 Å². The van der Waals surface area contributed by atoms with Crippen LogP contribution in [0.15, 0.2) is 35.0 Å². The maximum absolute atomic E-state index is 13.4. The molecule has 0 radical (unpaired) electrons. The maximum Gasteiger partial charge on any atom is 0.238 e. The summed E-state index contributed by atoms with van der Waals surface area (Å²) in [6.45, 7) is 2.68. The van der Waals surface area contributed by atoms with Crippen molar-refractivity contribution in [3.05, 3.63) is 52.0 Å². The number of carbonyl (C=O) groups excluding carboxylic acids is 1. The fourth-order valence-electron chi connectivity index (χ4n) is 1.87. The summed E-state index contributed by atoms with van der Waals surface area (Å²) in [7, 11) is 1.88. The quantitative estimate of drug-likeness (QED) is 0.917. The molecule has 0 saturated carbocycles. The molecule has 0 aliphatic rings. The summed E-state index contributed by atoms with van der Waals surface area (Å²) in [6, 6.07) is 6.73. The van der Waals surface area contributed by atoms with Gasteiger partial charge in [0, 0.05) is 12.2 Å². The van der Waals surface area contributed by atoms with Crippen LogP contribution in [-0.4, -0.2) is 24.4 Å². The Hall–Kier alpha value is -1.72. The third-order valence-corrected chi connectivity index (χ3v) is 3.63. The summed E-state index contributed by atoms with van der Waals surface area (Å²) in [6.07, 6.45) is 0. The van der Waals surface area contributed by atoms with Gasteiger partial charge in [-0.25, -0.2) is 4.39 Å². The average molecular weight is 292 g/mol. The summed E-state index contributed by atoms with van der Waals surface area (Å²) in [4.78, 5) is 13.8. The standard InChI is InChI=1S/C15H17FN2OS/c1-11-3-4-13(7-14(11)16)17-15(19)9-18(2)8-12-5-6-20-10-12/h3-7,10H,8-9H2,1-2H3,(H,17,19). The summed E-state index contributed by atoms with van der Waals surface area (Å²) >= 11 is 1.64. The molecule has 0 atom stereocenters. The number of benzene rings is 1. The van der Waals surface area contributed by atoms with Crippen molar-refractivity contribution in [2.24, 2.45) is 0 Å². The minimum atomic E-state index is -0.311. The lowest BCUT2D eigenvalue weighted by Crippen LogP contribution is -2.29. The van der Waals surface area contributed by atoms with Gasteiger partial charge < -0.3 is 5.32 Å². The number of aryl methyl sites for hydroxylation is 1. The molecule has 1 amide bonds. The zero-order valence-electron chi connectivity index (χ0n) is 11.5. The van der Waals surface area contributed by atoms with Crippen LogP contribution in [0.4, 0.5) is 10.1 Å². The Kier molecular flexibility index (Phi) is 4.87. The molecule has 1 aromatic heterocycles. The number of rotatable bonds is 5. The third-order valence-electron chi connectivity index (χ3n) is 2.90. The zero-order chi connectivity index (χ0) is 14.5. The Labute approximate surface area is 122 Å². The van der Waals surface area contributed by atoms with Crippen molar-refractivity contribution in [3.8, 4) is 0 Å². The predicted octanol–water partition coefficient (Wildman–Crippen LogP) is 3.27. The highest BCUT2D eigenvalue weighted by Gasteiger charge is 2.08. The van der Waals surface area contributed by atoms with Gasteiger partial charge in [-0.05, 0) is 54.1 Å². The van der Waals surface area contributed by atoms with Crippen molar-refractivity contribution in [1.29, 1.82) is 0 Å². The van der Waals surface area contributed by atoms with E-state index >= 15 is 0 Å². The third kappa shape index (κ3) is 4.15. The van der Waals surface area contributed by atoms with Crippen LogP contribution in [0.5, 0.6) is 0 Å². The number of anilines is 1. The number of hydrogen-bond acceptors (Lipinski definition) is 3. The highest BCUT2D eigenvalue weighted by Crippen LogP contribution is 2.13. The van der Waals surface area contributed by atoms with E-state index in [2.05, 4.69) is 10.7 Å². The minimum Gasteiger partial charge on any atom is -0.325 e. The minimum absolute atomic E-state index is 0.147. The van der Waals surface area contributed by atoms with Gasteiger partial charge in [-0.2, -0.15) is 11.3 Å². The normalized spacial score (nSPS) is 10.8. The first-order valence-electron chi connectivity index (χ1n) is 6.30. The molecule has 106 valence electrons. The number of hydrogen-bond donors (Lipinski definition) is 1. The number of halogens is 1. The van der Waals surface area contributed by atoms with Gasteiger partial charge in [0.25, 0.3) is 0 Å². The molecule has 1 heterocycles. The van der Waals surface area contributed by atoms with Crippen LogP contribution >= 0.6 is 11.3 Å². The van der Waals surface area contributed by atoms with Crippen LogP contribution in [-0.2, 0) is 11.3 Å². The van der Waals surface area contributed by atoms with Gasteiger partial charge in [-0.15, -0.1) is 0 Å². The molecule has 0 saturated heterocycles. The van der Waals surface area contributed by atoms with Crippen LogP contribution in [0.25, 0.3) is 0 Å². The molecule has 3 nitrogen and oxygen atoms in total. The number of nitrogens with one attached hydrogen (secondary N) is 1. The SMILES string of the molecule is Cc1ccc(NC(=O)CN(C)Cc2ccsc2)cc1F. The van der Waals surface area contributed by atoms with Gasteiger partial charge >= 0.3 is 0 Å². The van der Waals surface area contributed by atoms with E-state index in [1.165, 1.54) is 11.6 Å². The fourth-order valence-corrected chi connectivity index (χ4v) is 2.53. The van der Waals surface area contributed by atoms with Crippen LogP contribution in [0.2, 0.25) is 0 Å². The summed E-state index contributed by atoms with van der Waals surface area (Å²) in [5.41, 5.74) is 2.24. The lowest BCUT2D eigenvalue weighted by Gasteiger charge is -2.15. The Morgan fingerprint density at radius 1 is 1.40 bits per heavy atom. The smallest absolute Gasteiger partial charge is 0.238 e. The number of likely N-dealkylation sites (N-methyl/N-ethyl adjacent to an activating group) is 1. The van der Waals surface area contributed by atoms with E-state index in [0.29, 0.717) is 11.3 Å². The predicted molar refractivity (Wildman–Crippen MR) is 80.4 cm³/mol. The van der Waals surface area contributed by atoms with Crippen molar-refractivity contribution >= 4 is 22.9 Å². The molecular weight excluding hydrogens is 275 g/mol. The molecule has 5 heteroatoms. The van der Waals surface area contributed by atoms with E-state index in [9.17, 15) is 9.18 Å². The molecule has 1 N–H and O–H groups in total. The molecular formula is C15H17FN2OS. The Balaban J connectivity index is 1.87. The first-order chi connectivity index (χ1) is 9.54. The molecule has 1 aromatic carbocycles. The highest BCUT2D eigenvalue weighted by molar-refractivity contribution is 7.07. The molecule has 2 rings (SSSR count). The van der Waals surface area contributed by atoms with Crippen LogP contribution in [0.1, 0.15) is 11.1 Å². The van der Waals surface area contributed by atoms with Crippen molar-refractivity contribution < 1.29 is 9.18 Å². The van der Waals surface area contributed by atoms with E-state index in [0.717, 1.165) is 6.54 Å². The largest absolute Gasteiger partial charge is 0.325 e. The monoisotopic (exact) mass is 292 g/mol. The molecule has 0 bridgehead atoms. The molecule has 0 fully saturated rings. The van der Waals surface area contributed by atoms with E-state index in [4.69, 9.17) is 0 Å². The van der Waals surface area contributed by atoms with Gasteiger partial charge in [-0.3, -0.25) is 9.69 Å². The highest BCUT2D eigenvalue weighted by atomic mass is 32.1. The van der Waals surface area contributed by atoms with E-state index < -0.39 is 0 Å². The Morgan fingerprint density at radius 3 is 2.85 bits per heavy atom. The van der Waals surface area contributed by atoms with Gasteiger partial charge in [0.1, 0.15) is 5.82 Å². The second-order valence-corrected chi connectivity index (χ2v) is 5.60. The number of amides is 1. The molecule has 0 aliphatic carbocycles.